The highest BCUT2D eigenvalue weighted by Crippen LogP contribution is 2.34. The third-order valence-electron chi connectivity index (χ3n) is 7.50. The first-order valence-corrected chi connectivity index (χ1v) is 14.0. The van der Waals surface area contributed by atoms with E-state index >= 15 is 0 Å². The van der Waals surface area contributed by atoms with Crippen LogP contribution in [0.4, 0.5) is 5.69 Å². The van der Waals surface area contributed by atoms with Gasteiger partial charge in [0.1, 0.15) is 36.9 Å². The zero-order chi connectivity index (χ0) is 28.6. The summed E-state index contributed by atoms with van der Waals surface area (Å²) in [5, 5.41) is 7.02. The topological polar surface area (TPSA) is 117 Å². The monoisotopic (exact) mass is 563 g/mol. The number of rotatable bonds is 12. The largest absolute Gasteiger partial charge is 0.492 e. The maximum absolute atomic E-state index is 12.7. The van der Waals surface area contributed by atoms with Crippen LogP contribution in [-0.2, 0) is 20.9 Å². The maximum atomic E-state index is 12.7. The number of aromatic nitrogens is 3. The third kappa shape index (κ3) is 7.75. The van der Waals surface area contributed by atoms with E-state index in [4.69, 9.17) is 18.9 Å². The van der Waals surface area contributed by atoms with Crippen molar-refractivity contribution in [1.29, 1.82) is 0 Å². The molecule has 1 N–H and O–H groups in total. The summed E-state index contributed by atoms with van der Waals surface area (Å²) in [6, 6.07) is 11.7. The number of ether oxygens (including phenoxy) is 4. The zero-order valence-electron chi connectivity index (χ0n) is 23.5. The second-order valence-corrected chi connectivity index (χ2v) is 10.5. The fraction of sp³-hybridized carbons (Fsp3) is 0.467. The second kappa shape index (κ2) is 13.5. The molecule has 2 aromatic heterocycles. The van der Waals surface area contributed by atoms with Crippen molar-refractivity contribution < 1.29 is 28.5 Å². The molecule has 2 atom stereocenters. The summed E-state index contributed by atoms with van der Waals surface area (Å²) in [5.74, 6) is 2.13. The molecule has 2 aliphatic rings. The van der Waals surface area contributed by atoms with Crippen LogP contribution in [0.25, 0.3) is 0 Å². The van der Waals surface area contributed by atoms with Crippen LogP contribution in [0.5, 0.6) is 17.4 Å². The second-order valence-electron chi connectivity index (χ2n) is 10.5. The van der Waals surface area contributed by atoms with Gasteiger partial charge >= 0.3 is 0 Å². The molecule has 3 aromatic rings. The molecule has 5 rings (SSSR count). The van der Waals surface area contributed by atoms with Crippen LogP contribution in [0.2, 0.25) is 0 Å². The Balaban J connectivity index is 1.02. The predicted molar refractivity (Wildman–Crippen MR) is 151 cm³/mol. The Morgan fingerprint density at radius 2 is 1.95 bits per heavy atom. The maximum Gasteiger partial charge on any atom is 0.253 e. The molecule has 3 heterocycles. The van der Waals surface area contributed by atoms with Gasteiger partial charge in [-0.1, -0.05) is 25.0 Å². The number of carbonyl (C=O) groups is 2. The summed E-state index contributed by atoms with van der Waals surface area (Å²) in [5.41, 5.74) is 1.87. The Morgan fingerprint density at radius 1 is 1.15 bits per heavy atom. The van der Waals surface area contributed by atoms with Crippen molar-refractivity contribution in [1.82, 2.24) is 19.7 Å². The van der Waals surface area contributed by atoms with Gasteiger partial charge in [0.25, 0.3) is 5.91 Å². The van der Waals surface area contributed by atoms with Crippen molar-refractivity contribution in [3.8, 4) is 17.4 Å². The Bertz CT molecular complexity index is 1310. The van der Waals surface area contributed by atoms with Crippen molar-refractivity contribution >= 4 is 17.5 Å². The van der Waals surface area contributed by atoms with Crippen molar-refractivity contribution in [3.63, 3.8) is 0 Å². The van der Waals surface area contributed by atoms with Gasteiger partial charge in [-0.3, -0.25) is 14.3 Å². The van der Waals surface area contributed by atoms with Crippen LogP contribution in [0, 0.1) is 0 Å². The lowest BCUT2D eigenvalue weighted by molar-refractivity contribution is -0.131. The number of benzene rings is 1. The van der Waals surface area contributed by atoms with Crippen molar-refractivity contribution in [2.75, 3.05) is 39.2 Å². The van der Waals surface area contributed by atoms with E-state index < -0.39 is 6.10 Å². The Kier molecular flexibility index (Phi) is 9.35. The molecule has 0 unspecified atom stereocenters. The SMILES string of the molecule is COc1cc(O[C@H]2CO[C@H](C(=O)Nc3cnn(CC(=O)N(C)CCOc4ccc(C5CCCC5)cc4)c3)C2)ccn1. The Morgan fingerprint density at radius 3 is 2.73 bits per heavy atom. The van der Waals surface area contributed by atoms with Gasteiger partial charge in [0.05, 0.1) is 32.1 Å². The van der Waals surface area contributed by atoms with Gasteiger partial charge < -0.3 is 29.2 Å². The summed E-state index contributed by atoms with van der Waals surface area (Å²) in [4.78, 5) is 31.1. The average Bonchev–Trinajstić information content (AvgIpc) is 3.77. The van der Waals surface area contributed by atoms with Crippen LogP contribution >= 0.6 is 0 Å². The molecule has 41 heavy (non-hydrogen) atoms. The molecule has 2 amide bonds. The van der Waals surface area contributed by atoms with Gasteiger partial charge in [0.2, 0.25) is 11.8 Å². The molecule has 0 radical (unpaired) electrons. The minimum Gasteiger partial charge on any atom is -0.492 e. The first-order chi connectivity index (χ1) is 20.0. The number of nitrogens with zero attached hydrogens (tertiary/aromatic N) is 4. The standard InChI is InChI=1S/C30H37N5O6/c1-34(13-14-39-24-9-7-22(8-10-24)21-5-3-4-6-21)29(36)19-35-18-23(17-32-35)33-30(37)27-15-26(20-40-27)41-25-11-12-31-28(16-25)38-2/h7-12,16-18,21,26-27H,3-6,13-15,19-20H2,1-2H3,(H,33,37)/t26-,27+/m1/s1. The minimum absolute atomic E-state index is 0.0493. The summed E-state index contributed by atoms with van der Waals surface area (Å²) < 4.78 is 24.0. The van der Waals surface area contributed by atoms with Crippen LogP contribution in [0.1, 0.15) is 43.6 Å². The molecule has 0 spiro atoms. The molecule has 1 aliphatic heterocycles. The fourth-order valence-corrected chi connectivity index (χ4v) is 5.15. The van der Waals surface area contributed by atoms with Crippen LogP contribution in [0.3, 0.4) is 0 Å². The summed E-state index contributed by atoms with van der Waals surface area (Å²) in [7, 11) is 3.27. The van der Waals surface area contributed by atoms with E-state index in [-0.39, 0.29) is 31.1 Å². The lowest BCUT2D eigenvalue weighted by Crippen LogP contribution is -2.33. The third-order valence-corrected chi connectivity index (χ3v) is 7.50. The van der Waals surface area contributed by atoms with E-state index in [2.05, 4.69) is 27.5 Å². The van der Waals surface area contributed by atoms with Gasteiger partial charge in [0.15, 0.2) is 0 Å². The zero-order valence-corrected chi connectivity index (χ0v) is 23.5. The number of methoxy groups -OCH3 is 1. The van der Waals surface area contributed by atoms with Crippen LogP contribution < -0.4 is 19.5 Å². The Hall–Kier alpha value is -4.12. The number of likely N-dealkylation sites (N-methyl/N-ethyl adjacent to an activating group) is 1. The summed E-state index contributed by atoms with van der Waals surface area (Å²) in [6.45, 7) is 1.18. The predicted octanol–water partition coefficient (Wildman–Crippen LogP) is 3.66. The molecule has 11 heteroatoms. The van der Waals surface area contributed by atoms with E-state index in [1.54, 1.807) is 36.5 Å². The number of amides is 2. The number of carbonyl (C=O) groups excluding carboxylic acids is 2. The van der Waals surface area contributed by atoms with Gasteiger partial charge in [0, 0.05) is 31.9 Å². The highest BCUT2D eigenvalue weighted by molar-refractivity contribution is 5.94. The molecule has 1 saturated carbocycles. The van der Waals surface area contributed by atoms with E-state index in [9.17, 15) is 9.59 Å². The molecule has 11 nitrogen and oxygen atoms in total. The highest BCUT2D eigenvalue weighted by Gasteiger charge is 2.32. The van der Waals surface area contributed by atoms with Gasteiger partial charge in [-0.05, 0) is 42.5 Å². The van der Waals surface area contributed by atoms with E-state index in [0.717, 1.165) is 5.75 Å². The molecule has 218 valence electrons. The smallest absolute Gasteiger partial charge is 0.253 e. The summed E-state index contributed by atoms with van der Waals surface area (Å²) >= 11 is 0. The molecule has 1 aliphatic carbocycles. The quantitative estimate of drug-likeness (QED) is 0.355. The molecular formula is C30H37N5O6. The van der Waals surface area contributed by atoms with E-state index in [1.165, 1.54) is 49.2 Å². The van der Waals surface area contributed by atoms with Crippen LogP contribution in [-0.4, -0.2) is 77.6 Å². The molecule has 1 aromatic carbocycles. The first kappa shape index (κ1) is 28.4. The number of nitrogens with one attached hydrogen (secondary N) is 1. The summed E-state index contributed by atoms with van der Waals surface area (Å²) in [6.07, 6.45) is 9.38. The van der Waals surface area contributed by atoms with E-state index in [0.29, 0.717) is 42.8 Å². The molecule has 0 bridgehead atoms. The number of hydrogen-bond donors (Lipinski definition) is 1. The lowest BCUT2D eigenvalue weighted by Gasteiger charge is -2.18. The van der Waals surface area contributed by atoms with E-state index in [1.807, 2.05) is 12.1 Å². The van der Waals surface area contributed by atoms with Crippen molar-refractivity contribution in [2.24, 2.45) is 0 Å². The minimum atomic E-state index is -0.654. The van der Waals surface area contributed by atoms with Gasteiger partial charge in [-0.2, -0.15) is 5.10 Å². The average molecular weight is 564 g/mol. The first-order valence-electron chi connectivity index (χ1n) is 14.0. The molecule has 1 saturated heterocycles. The normalized spacial score (nSPS) is 18.7. The van der Waals surface area contributed by atoms with Crippen molar-refractivity contribution in [3.05, 3.63) is 60.6 Å². The van der Waals surface area contributed by atoms with Gasteiger partial charge in [-0.25, -0.2) is 4.98 Å². The van der Waals surface area contributed by atoms with Crippen molar-refractivity contribution in [2.45, 2.75) is 56.8 Å². The number of pyridine rings is 1. The molecule has 2 fully saturated rings. The Labute approximate surface area is 239 Å². The fourth-order valence-electron chi connectivity index (χ4n) is 5.15. The number of anilines is 1. The highest BCUT2D eigenvalue weighted by atomic mass is 16.6. The van der Waals surface area contributed by atoms with Gasteiger partial charge in [-0.15, -0.1) is 0 Å². The van der Waals surface area contributed by atoms with Crippen LogP contribution in [0.15, 0.2) is 55.0 Å². The molecular weight excluding hydrogens is 526 g/mol. The number of hydrogen-bond acceptors (Lipinski definition) is 8. The lowest BCUT2D eigenvalue weighted by atomic mass is 9.98.